The molecule has 16 heavy (non-hydrogen) atoms. The highest BCUT2D eigenvalue weighted by Gasteiger charge is 2.20. The molecule has 0 aromatic heterocycles. The van der Waals surface area contributed by atoms with Crippen LogP contribution in [0.5, 0.6) is 0 Å². The molecule has 86 valence electrons. The van der Waals surface area contributed by atoms with E-state index in [4.69, 9.17) is 11.6 Å². The van der Waals surface area contributed by atoms with Crippen molar-refractivity contribution in [3.63, 3.8) is 0 Å². The highest BCUT2D eigenvalue weighted by atomic mass is 35.5. The van der Waals surface area contributed by atoms with E-state index < -0.39 is 27.4 Å². The number of hydrogen-bond acceptors (Lipinski definition) is 3. The first-order chi connectivity index (χ1) is 7.47. The standard InChI is InChI=1S/C9H8ClFN2O3/c1-2-7(14)12-9-5(11)3-4-6(8(9)10)13(15)16/h3-4H,2H2,1H3,(H,12,14). The first-order valence-electron chi connectivity index (χ1n) is 4.39. The lowest BCUT2D eigenvalue weighted by Crippen LogP contribution is -2.11. The predicted octanol–water partition coefficient (Wildman–Crippen LogP) is 2.74. The van der Waals surface area contributed by atoms with E-state index in [1.807, 2.05) is 0 Å². The maximum Gasteiger partial charge on any atom is 0.290 e. The number of nitro groups is 1. The summed E-state index contributed by atoms with van der Waals surface area (Å²) in [6, 6.07) is 1.83. The maximum atomic E-state index is 13.3. The van der Waals surface area contributed by atoms with E-state index >= 15 is 0 Å². The summed E-state index contributed by atoms with van der Waals surface area (Å²) in [5.74, 6) is -1.28. The molecule has 1 rings (SSSR count). The second-order valence-corrected chi connectivity index (χ2v) is 3.29. The molecule has 0 bridgehead atoms. The summed E-state index contributed by atoms with van der Waals surface area (Å²) in [5, 5.41) is 12.3. The fraction of sp³-hybridized carbons (Fsp3) is 0.222. The van der Waals surface area contributed by atoms with E-state index in [-0.39, 0.29) is 12.1 Å². The monoisotopic (exact) mass is 246 g/mol. The summed E-state index contributed by atoms with van der Waals surface area (Å²) in [4.78, 5) is 20.8. The van der Waals surface area contributed by atoms with Crippen LogP contribution in [0.1, 0.15) is 13.3 Å². The van der Waals surface area contributed by atoms with Gasteiger partial charge in [-0.2, -0.15) is 0 Å². The molecule has 1 N–H and O–H groups in total. The number of rotatable bonds is 3. The van der Waals surface area contributed by atoms with Crippen molar-refractivity contribution in [3.8, 4) is 0 Å². The van der Waals surface area contributed by atoms with Gasteiger partial charge in [0.1, 0.15) is 16.5 Å². The summed E-state index contributed by atoms with van der Waals surface area (Å²) in [6.07, 6.45) is 0.123. The van der Waals surface area contributed by atoms with Gasteiger partial charge in [-0.25, -0.2) is 4.39 Å². The smallest absolute Gasteiger partial charge is 0.290 e. The highest BCUT2D eigenvalue weighted by molar-refractivity contribution is 6.35. The normalized spacial score (nSPS) is 9.94. The van der Waals surface area contributed by atoms with Crippen LogP contribution in [0.15, 0.2) is 12.1 Å². The number of nitro benzene ring substituents is 1. The van der Waals surface area contributed by atoms with Gasteiger partial charge in [0.2, 0.25) is 5.91 Å². The third-order valence-corrected chi connectivity index (χ3v) is 2.24. The van der Waals surface area contributed by atoms with Crippen LogP contribution in [0.4, 0.5) is 15.8 Å². The number of anilines is 1. The lowest BCUT2D eigenvalue weighted by atomic mass is 10.2. The van der Waals surface area contributed by atoms with E-state index in [9.17, 15) is 19.3 Å². The largest absolute Gasteiger partial charge is 0.322 e. The predicted molar refractivity (Wildman–Crippen MR) is 57.0 cm³/mol. The van der Waals surface area contributed by atoms with Crippen molar-refractivity contribution < 1.29 is 14.1 Å². The molecule has 0 aliphatic heterocycles. The van der Waals surface area contributed by atoms with Crippen LogP contribution in [0.25, 0.3) is 0 Å². The Morgan fingerprint density at radius 3 is 2.75 bits per heavy atom. The van der Waals surface area contributed by atoms with E-state index in [0.717, 1.165) is 12.1 Å². The van der Waals surface area contributed by atoms with Gasteiger partial charge in [-0.15, -0.1) is 0 Å². The summed E-state index contributed by atoms with van der Waals surface area (Å²) in [7, 11) is 0. The average Bonchev–Trinajstić information content (AvgIpc) is 2.23. The summed E-state index contributed by atoms with van der Waals surface area (Å²) < 4.78 is 13.3. The molecule has 0 unspecified atom stereocenters. The summed E-state index contributed by atoms with van der Waals surface area (Å²) in [6.45, 7) is 1.57. The van der Waals surface area contributed by atoms with Crippen LogP contribution >= 0.6 is 11.6 Å². The Morgan fingerprint density at radius 1 is 1.62 bits per heavy atom. The Bertz CT molecular complexity index is 451. The lowest BCUT2D eigenvalue weighted by molar-refractivity contribution is -0.384. The van der Waals surface area contributed by atoms with Crippen molar-refractivity contribution in [2.45, 2.75) is 13.3 Å². The molecular weight excluding hydrogens is 239 g/mol. The second-order valence-electron chi connectivity index (χ2n) is 2.91. The van der Waals surface area contributed by atoms with Gasteiger partial charge in [0.25, 0.3) is 5.69 Å². The van der Waals surface area contributed by atoms with Gasteiger partial charge in [0.05, 0.1) is 4.92 Å². The summed E-state index contributed by atoms with van der Waals surface area (Å²) in [5.41, 5.74) is -0.808. The Balaban J connectivity index is 3.21. The molecule has 1 amide bonds. The molecular formula is C9H8ClFN2O3. The number of halogens is 2. The molecule has 0 radical (unpaired) electrons. The molecule has 0 aliphatic rings. The molecule has 5 nitrogen and oxygen atoms in total. The lowest BCUT2D eigenvalue weighted by Gasteiger charge is -2.07. The van der Waals surface area contributed by atoms with Crippen molar-refractivity contribution in [2.24, 2.45) is 0 Å². The summed E-state index contributed by atoms with van der Waals surface area (Å²) >= 11 is 5.61. The Kier molecular flexibility index (Phi) is 3.78. The van der Waals surface area contributed by atoms with Crippen molar-refractivity contribution in [1.29, 1.82) is 0 Å². The van der Waals surface area contributed by atoms with Crippen LogP contribution in [-0.4, -0.2) is 10.8 Å². The molecule has 7 heteroatoms. The maximum absolute atomic E-state index is 13.3. The molecule has 0 heterocycles. The van der Waals surface area contributed by atoms with Gasteiger partial charge in [0, 0.05) is 12.5 Å². The minimum absolute atomic E-state index is 0.123. The molecule has 1 aromatic rings. The van der Waals surface area contributed by atoms with Crippen molar-refractivity contribution >= 4 is 28.9 Å². The Morgan fingerprint density at radius 2 is 2.25 bits per heavy atom. The van der Waals surface area contributed by atoms with Gasteiger partial charge in [0.15, 0.2) is 0 Å². The molecule has 0 aliphatic carbocycles. The second kappa shape index (κ2) is 4.89. The third-order valence-electron chi connectivity index (χ3n) is 1.85. The van der Waals surface area contributed by atoms with Crippen molar-refractivity contribution in [3.05, 3.63) is 33.1 Å². The molecule has 0 fully saturated rings. The molecule has 0 spiro atoms. The number of nitrogens with zero attached hydrogens (tertiary/aromatic N) is 1. The fourth-order valence-corrected chi connectivity index (χ4v) is 1.29. The van der Waals surface area contributed by atoms with Gasteiger partial charge >= 0.3 is 0 Å². The Labute approximate surface area is 95.4 Å². The average molecular weight is 247 g/mol. The van der Waals surface area contributed by atoms with E-state index in [1.165, 1.54) is 0 Å². The van der Waals surface area contributed by atoms with Crippen LogP contribution in [0.2, 0.25) is 5.02 Å². The van der Waals surface area contributed by atoms with E-state index in [0.29, 0.717) is 0 Å². The minimum atomic E-state index is -0.808. The van der Waals surface area contributed by atoms with Crippen LogP contribution < -0.4 is 5.32 Å². The van der Waals surface area contributed by atoms with Crippen LogP contribution in [0.3, 0.4) is 0 Å². The third kappa shape index (κ3) is 2.46. The topological polar surface area (TPSA) is 72.2 Å². The first kappa shape index (κ1) is 12.4. The SMILES string of the molecule is CCC(=O)Nc1c(F)ccc([N+](=O)[O-])c1Cl. The molecule has 0 atom stereocenters. The van der Waals surface area contributed by atoms with Gasteiger partial charge in [-0.1, -0.05) is 18.5 Å². The number of hydrogen-bond donors (Lipinski definition) is 1. The van der Waals surface area contributed by atoms with Gasteiger partial charge in [-0.05, 0) is 6.07 Å². The van der Waals surface area contributed by atoms with Gasteiger partial charge < -0.3 is 5.32 Å². The zero-order chi connectivity index (χ0) is 12.3. The number of amides is 1. The number of carbonyl (C=O) groups excluding carboxylic acids is 1. The van der Waals surface area contributed by atoms with Crippen molar-refractivity contribution in [1.82, 2.24) is 0 Å². The first-order valence-corrected chi connectivity index (χ1v) is 4.77. The minimum Gasteiger partial charge on any atom is -0.322 e. The molecule has 0 saturated carbocycles. The van der Waals surface area contributed by atoms with E-state index in [2.05, 4.69) is 5.32 Å². The van der Waals surface area contributed by atoms with E-state index in [1.54, 1.807) is 6.92 Å². The van der Waals surface area contributed by atoms with Gasteiger partial charge in [-0.3, -0.25) is 14.9 Å². The quantitative estimate of drug-likeness (QED) is 0.658. The zero-order valence-corrected chi connectivity index (χ0v) is 9.05. The zero-order valence-electron chi connectivity index (χ0n) is 8.29. The number of carbonyl (C=O) groups is 1. The number of nitrogens with one attached hydrogen (secondary N) is 1. The highest BCUT2D eigenvalue weighted by Crippen LogP contribution is 2.33. The fourth-order valence-electron chi connectivity index (χ4n) is 1.02. The Hall–Kier alpha value is -1.69. The van der Waals surface area contributed by atoms with Crippen LogP contribution in [0, 0.1) is 15.9 Å². The molecule has 1 aromatic carbocycles. The van der Waals surface area contributed by atoms with Crippen molar-refractivity contribution in [2.75, 3.05) is 5.32 Å². The molecule has 0 saturated heterocycles. The number of benzene rings is 1. The van der Waals surface area contributed by atoms with Crippen LogP contribution in [-0.2, 0) is 4.79 Å².